The van der Waals surface area contributed by atoms with Gasteiger partial charge in [-0.15, -0.1) is 0 Å². The van der Waals surface area contributed by atoms with Gasteiger partial charge in [0.25, 0.3) is 0 Å². The number of nitrogens with one attached hydrogen (secondary N) is 1. The van der Waals surface area contributed by atoms with E-state index < -0.39 is 0 Å². The van der Waals surface area contributed by atoms with Crippen LogP contribution in [-0.4, -0.2) is 40.1 Å². The first-order chi connectivity index (χ1) is 9.56. The predicted molar refractivity (Wildman–Crippen MR) is 72.8 cm³/mol. The van der Waals surface area contributed by atoms with Gasteiger partial charge in [-0.05, 0) is 19.3 Å². The minimum atomic E-state index is -0.213. The molecule has 1 aliphatic carbocycles. The second-order valence-electron chi connectivity index (χ2n) is 5.80. The summed E-state index contributed by atoms with van der Waals surface area (Å²) in [5.74, 6) is -0.171. The Morgan fingerprint density at radius 1 is 1.45 bits per heavy atom. The van der Waals surface area contributed by atoms with Crippen molar-refractivity contribution in [2.75, 3.05) is 13.6 Å². The van der Waals surface area contributed by atoms with E-state index >= 15 is 0 Å². The zero-order valence-electron chi connectivity index (χ0n) is 11.9. The third-order valence-electron chi connectivity index (χ3n) is 4.40. The fourth-order valence-corrected chi connectivity index (χ4v) is 3.18. The number of nitrogens with zero attached hydrogens (tertiary/aromatic N) is 3. The van der Waals surface area contributed by atoms with Gasteiger partial charge in [-0.3, -0.25) is 14.3 Å². The van der Waals surface area contributed by atoms with E-state index in [0.29, 0.717) is 13.0 Å². The predicted octanol–water partition coefficient (Wildman–Crippen LogP) is 0.392. The summed E-state index contributed by atoms with van der Waals surface area (Å²) in [6, 6.07) is 0.0426. The molecule has 0 unspecified atom stereocenters. The Morgan fingerprint density at radius 2 is 2.25 bits per heavy atom. The van der Waals surface area contributed by atoms with Crippen molar-refractivity contribution in [3.8, 4) is 0 Å². The van der Waals surface area contributed by atoms with Crippen molar-refractivity contribution < 1.29 is 9.59 Å². The molecule has 2 heterocycles. The van der Waals surface area contributed by atoms with E-state index in [1.165, 1.54) is 5.69 Å². The Kier molecular flexibility index (Phi) is 3.23. The summed E-state index contributed by atoms with van der Waals surface area (Å²) in [5.41, 5.74) is 2.34. The number of rotatable bonds is 2. The Hall–Kier alpha value is -1.85. The molecule has 20 heavy (non-hydrogen) atoms. The number of aromatic nitrogens is 2. The summed E-state index contributed by atoms with van der Waals surface area (Å²) in [6.45, 7) is 0.525. The summed E-state index contributed by atoms with van der Waals surface area (Å²) in [5, 5.41) is 7.38. The molecule has 6 heteroatoms. The smallest absolute Gasteiger partial charge is 0.225 e. The molecule has 0 bridgehead atoms. The first kappa shape index (κ1) is 13.1. The molecule has 1 saturated heterocycles. The fourth-order valence-electron chi connectivity index (χ4n) is 3.18. The van der Waals surface area contributed by atoms with Crippen molar-refractivity contribution in [3.05, 3.63) is 17.5 Å². The van der Waals surface area contributed by atoms with E-state index in [2.05, 4.69) is 10.4 Å². The number of carbonyl (C=O) groups is 2. The lowest BCUT2D eigenvalue weighted by Gasteiger charge is -2.25. The highest BCUT2D eigenvalue weighted by Crippen LogP contribution is 2.29. The van der Waals surface area contributed by atoms with Gasteiger partial charge < -0.3 is 10.2 Å². The van der Waals surface area contributed by atoms with Gasteiger partial charge in [0.15, 0.2) is 0 Å². The molecule has 2 aliphatic rings. The van der Waals surface area contributed by atoms with E-state index in [0.717, 1.165) is 24.8 Å². The van der Waals surface area contributed by atoms with Crippen LogP contribution < -0.4 is 5.32 Å². The second kappa shape index (κ2) is 4.92. The average Bonchev–Trinajstić information content (AvgIpc) is 2.95. The summed E-state index contributed by atoms with van der Waals surface area (Å²) < 4.78 is 1.89. The summed E-state index contributed by atoms with van der Waals surface area (Å²) >= 11 is 0. The molecule has 0 spiro atoms. The van der Waals surface area contributed by atoms with Gasteiger partial charge in [-0.25, -0.2) is 0 Å². The standard InChI is InChI=1S/C14H20N4O2/c1-17-8-9(6-13(17)19)14(20)16-11-4-3-5-12-10(11)7-15-18(12)2/h7,9,11H,3-6,8H2,1-2H3,(H,16,20)/t9-,11-/m1/s1. The molecule has 3 rings (SSSR count). The molecule has 1 aliphatic heterocycles. The summed E-state index contributed by atoms with van der Waals surface area (Å²) in [7, 11) is 3.68. The largest absolute Gasteiger partial charge is 0.349 e. The van der Waals surface area contributed by atoms with Crippen LogP contribution in [-0.2, 0) is 23.1 Å². The minimum absolute atomic E-state index is 0.00981. The van der Waals surface area contributed by atoms with Gasteiger partial charge in [0, 0.05) is 38.3 Å². The number of amides is 2. The van der Waals surface area contributed by atoms with Crippen LogP contribution in [0, 0.1) is 5.92 Å². The lowest BCUT2D eigenvalue weighted by Crippen LogP contribution is -2.36. The lowest BCUT2D eigenvalue weighted by atomic mass is 9.92. The van der Waals surface area contributed by atoms with E-state index in [1.54, 1.807) is 11.9 Å². The molecule has 0 radical (unpaired) electrons. The number of hydrogen-bond donors (Lipinski definition) is 1. The summed E-state index contributed by atoms with van der Waals surface area (Å²) in [4.78, 5) is 25.4. The average molecular weight is 276 g/mol. The van der Waals surface area contributed by atoms with Gasteiger partial charge in [-0.1, -0.05) is 0 Å². The summed E-state index contributed by atoms with van der Waals surface area (Å²) in [6.07, 6.45) is 5.20. The highest BCUT2D eigenvalue weighted by atomic mass is 16.2. The number of aryl methyl sites for hydroxylation is 1. The Morgan fingerprint density at radius 3 is 2.95 bits per heavy atom. The minimum Gasteiger partial charge on any atom is -0.349 e. The number of fused-ring (bicyclic) bond motifs is 1. The number of hydrogen-bond acceptors (Lipinski definition) is 3. The molecule has 0 saturated carbocycles. The van der Waals surface area contributed by atoms with Crippen molar-refractivity contribution in [2.45, 2.75) is 31.7 Å². The van der Waals surface area contributed by atoms with Crippen LogP contribution in [0.4, 0.5) is 0 Å². The van der Waals surface area contributed by atoms with E-state index in [1.807, 2.05) is 17.9 Å². The normalized spacial score (nSPS) is 25.7. The fraction of sp³-hybridized carbons (Fsp3) is 0.643. The molecule has 0 aromatic carbocycles. The van der Waals surface area contributed by atoms with Gasteiger partial charge in [-0.2, -0.15) is 5.10 Å². The quantitative estimate of drug-likeness (QED) is 0.850. The second-order valence-corrected chi connectivity index (χ2v) is 5.80. The number of carbonyl (C=O) groups excluding carboxylic acids is 2. The first-order valence-electron chi connectivity index (χ1n) is 7.11. The molecule has 1 N–H and O–H groups in total. The molecule has 2 atom stereocenters. The third-order valence-corrected chi connectivity index (χ3v) is 4.40. The van der Waals surface area contributed by atoms with Crippen molar-refractivity contribution in [1.29, 1.82) is 0 Å². The highest BCUT2D eigenvalue weighted by molar-refractivity contribution is 5.89. The molecular weight excluding hydrogens is 256 g/mol. The molecule has 2 amide bonds. The molecule has 108 valence electrons. The van der Waals surface area contributed by atoms with Crippen LogP contribution in [0.3, 0.4) is 0 Å². The van der Waals surface area contributed by atoms with Gasteiger partial charge in [0.2, 0.25) is 11.8 Å². The topological polar surface area (TPSA) is 67.2 Å². The monoisotopic (exact) mass is 276 g/mol. The third kappa shape index (κ3) is 2.19. The molecule has 1 aromatic heterocycles. The zero-order valence-corrected chi connectivity index (χ0v) is 11.9. The Bertz CT molecular complexity index is 551. The van der Waals surface area contributed by atoms with Gasteiger partial charge >= 0.3 is 0 Å². The Labute approximate surface area is 118 Å². The van der Waals surface area contributed by atoms with Crippen molar-refractivity contribution in [3.63, 3.8) is 0 Å². The maximum Gasteiger partial charge on any atom is 0.225 e. The van der Waals surface area contributed by atoms with Gasteiger partial charge in [0.05, 0.1) is 18.2 Å². The van der Waals surface area contributed by atoms with Crippen LogP contribution in [0.25, 0.3) is 0 Å². The highest BCUT2D eigenvalue weighted by Gasteiger charge is 2.34. The SMILES string of the molecule is CN1C[C@H](C(=O)N[C@@H]2CCCc3c2cnn3C)CC1=O. The van der Waals surface area contributed by atoms with E-state index in [4.69, 9.17) is 0 Å². The van der Waals surface area contributed by atoms with Crippen LogP contribution in [0.2, 0.25) is 0 Å². The van der Waals surface area contributed by atoms with Crippen LogP contribution in [0.15, 0.2) is 6.20 Å². The Balaban J connectivity index is 1.70. The molecular formula is C14H20N4O2. The van der Waals surface area contributed by atoms with E-state index in [9.17, 15) is 9.59 Å². The van der Waals surface area contributed by atoms with Crippen LogP contribution >= 0.6 is 0 Å². The maximum absolute atomic E-state index is 12.3. The van der Waals surface area contributed by atoms with Crippen LogP contribution in [0.5, 0.6) is 0 Å². The maximum atomic E-state index is 12.3. The number of likely N-dealkylation sites (tertiary alicyclic amines) is 1. The van der Waals surface area contributed by atoms with Gasteiger partial charge in [0.1, 0.15) is 0 Å². The molecule has 1 aromatic rings. The van der Waals surface area contributed by atoms with Crippen molar-refractivity contribution in [1.82, 2.24) is 20.0 Å². The lowest BCUT2D eigenvalue weighted by molar-refractivity contribution is -0.128. The van der Waals surface area contributed by atoms with Crippen LogP contribution in [0.1, 0.15) is 36.6 Å². The van der Waals surface area contributed by atoms with E-state index in [-0.39, 0.29) is 23.8 Å². The molecule has 6 nitrogen and oxygen atoms in total. The zero-order chi connectivity index (χ0) is 14.3. The first-order valence-corrected chi connectivity index (χ1v) is 7.11. The van der Waals surface area contributed by atoms with Crippen molar-refractivity contribution in [2.24, 2.45) is 13.0 Å². The molecule has 1 fully saturated rings. The van der Waals surface area contributed by atoms with Crippen molar-refractivity contribution >= 4 is 11.8 Å².